The lowest BCUT2D eigenvalue weighted by Gasteiger charge is -2.43. The molecule has 0 bridgehead atoms. The number of hydrogen-bond donors (Lipinski definition) is 2. The Bertz CT molecular complexity index is 851. The van der Waals surface area contributed by atoms with Gasteiger partial charge < -0.3 is 19.9 Å². The normalized spacial score (nSPS) is 23.9. The minimum atomic E-state index is -0.524. The van der Waals surface area contributed by atoms with Crippen molar-refractivity contribution in [1.82, 2.24) is 20.0 Å². The quantitative estimate of drug-likeness (QED) is 0.576. The molecule has 0 aromatic heterocycles. The summed E-state index contributed by atoms with van der Waals surface area (Å²) in [5.74, 6) is 0.956. The molecule has 2 unspecified atom stereocenters. The van der Waals surface area contributed by atoms with Crippen LogP contribution < -0.4 is 5.32 Å². The van der Waals surface area contributed by atoms with Gasteiger partial charge in [-0.3, -0.25) is 15.1 Å². The number of likely N-dealkylation sites (N-methyl/N-ethyl adjacent to an activating group) is 1. The Morgan fingerprint density at radius 1 is 1.19 bits per heavy atom. The first kappa shape index (κ1) is 22.7. The van der Waals surface area contributed by atoms with Crippen molar-refractivity contribution in [3.63, 3.8) is 0 Å². The molecule has 3 aliphatic heterocycles. The number of carbonyl (C=O) groups excluding carboxylic acids is 1. The molecule has 1 amide bonds. The number of hydrogen-bond acceptors (Lipinski definition) is 6. The Balaban J connectivity index is 1.49. The van der Waals surface area contributed by atoms with Gasteiger partial charge in [-0.1, -0.05) is 44.0 Å². The number of aliphatic imine (C=N–C) groups is 1. The van der Waals surface area contributed by atoms with E-state index >= 15 is 0 Å². The molecule has 0 spiro atoms. The van der Waals surface area contributed by atoms with Crippen LogP contribution in [0.25, 0.3) is 0 Å². The van der Waals surface area contributed by atoms with Gasteiger partial charge in [-0.25, -0.2) is 4.99 Å². The predicted molar refractivity (Wildman–Crippen MR) is 125 cm³/mol. The molecule has 0 aliphatic carbocycles. The molecule has 2 N–H and O–H groups in total. The second kappa shape index (κ2) is 10.4. The van der Waals surface area contributed by atoms with E-state index in [-0.39, 0.29) is 12.5 Å². The molecule has 32 heavy (non-hydrogen) atoms. The average molecular weight is 441 g/mol. The van der Waals surface area contributed by atoms with Gasteiger partial charge in [-0.05, 0) is 43.5 Å². The fourth-order valence-electron chi connectivity index (χ4n) is 4.65. The highest BCUT2D eigenvalue weighted by atomic mass is 16.5. The van der Waals surface area contributed by atoms with Gasteiger partial charge in [0.05, 0.1) is 13.2 Å². The minimum Gasteiger partial charge on any atom is -0.344 e. The predicted octanol–water partition coefficient (Wildman–Crippen LogP) is 2.39. The number of nitrogens with one attached hydrogen (secondary N) is 2. The number of amidine groups is 2. The van der Waals surface area contributed by atoms with Crippen molar-refractivity contribution < 1.29 is 9.53 Å². The van der Waals surface area contributed by atoms with Crippen LogP contribution in [0.2, 0.25) is 0 Å². The van der Waals surface area contributed by atoms with E-state index in [0.29, 0.717) is 19.0 Å². The van der Waals surface area contributed by atoms with Gasteiger partial charge in [-0.15, -0.1) is 0 Å². The SMILES string of the molecule is CCCCCOC1N=C2C(NC(=O)CN2Cc2cccc(CN3CCCC3)c2)C(=N)N1C. The number of likely N-dealkylation sites (tertiary alicyclic amines) is 1. The number of fused-ring (bicyclic) bond motifs is 1. The van der Waals surface area contributed by atoms with Gasteiger partial charge in [0.25, 0.3) is 0 Å². The fourth-order valence-corrected chi connectivity index (χ4v) is 4.65. The number of piperazine rings is 1. The van der Waals surface area contributed by atoms with E-state index < -0.39 is 12.4 Å². The average Bonchev–Trinajstić information content (AvgIpc) is 3.28. The maximum absolute atomic E-state index is 12.4. The monoisotopic (exact) mass is 440 g/mol. The summed E-state index contributed by atoms with van der Waals surface area (Å²) in [6, 6.07) is 8.09. The molecule has 2 fully saturated rings. The maximum atomic E-state index is 12.4. The van der Waals surface area contributed by atoms with Crippen LogP contribution >= 0.6 is 0 Å². The van der Waals surface area contributed by atoms with Crippen molar-refractivity contribution in [3.8, 4) is 0 Å². The lowest BCUT2D eigenvalue weighted by molar-refractivity contribution is -0.122. The number of nitrogens with zero attached hydrogens (tertiary/aromatic N) is 4. The van der Waals surface area contributed by atoms with Crippen LogP contribution in [0.4, 0.5) is 0 Å². The highest BCUT2D eigenvalue weighted by molar-refractivity contribution is 6.14. The smallest absolute Gasteiger partial charge is 0.240 e. The Morgan fingerprint density at radius 2 is 1.94 bits per heavy atom. The van der Waals surface area contributed by atoms with E-state index in [4.69, 9.17) is 15.1 Å². The third-order valence-electron chi connectivity index (χ3n) is 6.43. The van der Waals surface area contributed by atoms with E-state index in [9.17, 15) is 4.79 Å². The molecule has 174 valence electrons. The van der Waals surface area contributed by atoms with E-state index in [1.165, 1.54) is 31.5 Å². The van der Waals surface area contributed by atoms with Crippen LogP contribution in [0.1, 0.15) is 50.2 Å². The van der Waals surface area contributed by atoms with Crippen molar-refractivity contribution in [2.75, 3.05) is 33.3 Å². The van der Waals surface area contributed by atoms with Crippen LogP contribution in [0.5, 0.6) is 0 Å². The topological polar surface area (TPSA) is 84.3 Å². The first-order chi connectivity index (χ1) is 15.5. The summed E-state index contributed by atoms with van der Waals surface area (Å²) >= 11 is 0. The van der Waals surface area contributed by atoms with Crippen LogP contribution in [0.3, 0.4) is 0 Å². The molecule has 3 aliphatic rings. The minimum absolute atomic E-state index is 0.0809. The molecule has 8 heteroatoms. The molecule has 2 saturated heterocycles. The van der Waals surface area contributed by atoms with Gasteiger partial charge in [0.15, 0.2) is 0 Å². The second-order valence-electron chi connectivity index (χ2n) is 9.05. The third-order valence-corrected chi connectivity index (χ3v) is 6.43. The highest BCUT2D eigenvalue weighted by Gasteiger charge is 2.40. The van der Waals surface area contributed by atoms with Crippen molar-refractivity contribution in [1.29, 1.82) is 5.41 Å². The standard InChI is InChI=1S/C24H36N6O2/c1-3-4-7-13-32-24-27-23-21(22(25)28(24)2)26-20(31)17-30(23)16-19-10-8-9-18(14-19)15-29-11-5-6-12-29/h8-10,14,21,24-25H,3-7,11-13,15-17H2,1-2H3,(H,26,31). The zero-order chi connectivity index (χ0) is 22.5. The summed E-state index contributed by atoms with van der Waals surface area (Å²) in [6.45, 7) is 6.93. The summed E-state index contributed by atoms with van der Waals surface area (Å²) in [5, 5.41) is 11.5. The van der Waals surface area contributed by atoms with Gasteiger partial charge >= 0.3 is 0 Å². The Kier molecular flexibility index (Phi) is 7.42. The highest BCUT2D eigenvalue weighted by Crippen LogP contribution is 2.21. The van der Waals surface area contributed by atoms with Gasteiger partial charge in [0, 0.05) is 20.1 Å². The Morgan fingerprint density at radius 3 is 2.69 bits per heavy atom. The summed E-state index contributed by atoms with van der Waals surface area (Å²) in [4.78, 5) is 23.5. The van der Waals surface area contributed by atoms with Crippen molar-refractivity contribution in [2.24, 2.45) is 4.99 Å². The van der Waals surface area contributed by atoms with E-state index in [1.54, 1.807) is 11.9 Å². The van der Waals surface area contributed by atoms with Crippen molar-refractivity contribution >= 4 is 17.6 Å². The molecule has 0 radical (unpaired) electrons. The number of rotatable bonds is 9. The van der Waals surface area contributed by atoms with Gasteiger partial charge in [-0.2, -0.15) is 0 Å². The van der Waals surface area contributed by atoms with Crippen molar-refractivity contribution in [3.05, 3.63) is 35.4 Å². The number of benzene rings is 1. The first-order valence-electron chi connectivity index (χ1n) is 11.9. The zero-order valence-electron chi connectivity index (χ0n) is 19.3. The third kappa shape index (κ3) is 5.30. The van der Waals surface area contributed by atoms with Crippen LogP contribution in [0.15, 0.2) is 29.3 Å². The molecule has 2 atom stereocenters. The molecule has 1 aromatic rings. The number of unbranched alkanes of at least 4 members (excludes halogenated alkanes) is 2. The summed E-state index contributed by atoms with van der Waals surface area (Å²) in [5.41, 5.74) is 2.46. The molecule has 4 rings (SSSR count). The second-order valence-corrected chi connectivity index (χ2v) is 9.05. The molecule has 8 nitrogen and oxygen atoms in total. The van der Waals surface area contributed by atoms with Crippen LogP contribution in [0, 0.1) is 5.41 Å². The first-order valence-corrected chi connectivity index (χ1v) is 11.9. The zero-order valence-corrected chi connectivity index (χ0v) is 19.3. The summed E-state index contributed by atoms with van der Waals surface area (Å²) < 4.78 is 5.99. The number of ether oxygens (including phenoxy) is 1. The van der Waals surface area contributed by atoms with E-state index in [0.717, 1.165) is 37.2 Å². The molecular formula is C24H36N6O2. The summed E-state index contributed by atoms with van der Waals surface area (Å²) in [6.07, 6.45) is 5.27. The molecule has 3 heterocycles. The number of carbonyl (C=O) groups is 1. The van der Waals surface area contributed by atoms with Crippen molar-refractivity contribution in [2.45, 2.75) is 64.5 Å². The van der Waals surface area contributed by atoms with Gasteiger partial charge in [0.1, 0.15) is 17.7 Å². The molecular weight excluding hydrogens is 404 g/mol. The van der Waals surface area contributed by atoms with Crippen LogP contribution in [-0.4, -0.2) is 78.0 Å². The lowest BCUT2D eigenvalue weighted by Crippen LogP contribution is -2.66. The Labute approximate surface area is 191 Å². The number of amides is 1. The lowest BCUT2D eigenvalue weighted by atomic mass is 10.1. The largest absolute Gasteiger partial charge is 0.344 e. The van der Waals surface area contributed by atoms with E-state index in [1.807, 2.05) is 4.90 Å². The summed E-state index contributed by atoms with van der Waals surface area (Å²) in [7, 11) is 1.81. The van der Waals surface area contributed by atoms with E-state index in [2.05, 4.69) is 41.4 Å². The molecule has 0 saturated carbocycles. The fraction of sp³-hybridized carbons (Fsp3) is 0.625. The van der Waals surface area contributed by atoms with Crippen LogP contribution in [-0.2, 0) is 22.6 Å². The van der Waals surface area contributed by atoms with Gasteiger partial charge in [0.2, 0.25) is 12.3 Å². The maximum Gasteiger partial charge on any atom is 0.240 e. The molecule has 1 aromatic carbocycles. The Hall–Kier alpha value is -2.45.